The Kier molecular flexibility index (Phi) is 6.67. The normalized spacial score (nSPS) is 17.8. The third-order valence-electron chi connectivity index (χ3n) is 5.87. The van der Waals surface area contributed by atoms with Crippen LogP contribution < -0.4 is 16.3 Å². The molecule has 2 aromatic rings. The number of carbonyl (C=O) groups excluding carboxylic acids is 3. The lowest BCUT2D eigenvalue weighted by molar-refractivity contribution is -0.139. The molecular formula is C22H26ClN5O4S. The fraction of sp³-hybridized carbons (Fsp3) is 0.500. The average Bonchev–Trinajstić information content (AvgIpc) is 2.99. The van der Waals surface area contributed by atoms with Crippen LogP contribution in [0.25, 0.3) is 10.9 Å². The SMILES string of the molecule is CC(C)Cn1c(SCC(=O)NN2C(=O)NC3(CCCCC3)C2=O)nc2ccc(Cl)cc2c1=O. The highest BCUT2D eigenvalue weighted by Gasteiger charge is 2.52. The second kappa shape index (κ2) is 9.34. The zero-order chi connectivity index (χ0) is 23.8. The van der Waals surface area contributed by atoms with Crippen molar-refractivity contribution in [2.45, 2.75) is 63.2 Å². The maximum atomic E-state index is 13.1. The number of aromatic nitrogens is 2. The molecule has 4 rings (SSSR count). The average molecular weight is 492 g/mol. The number of imide groups is 1. The first-order valence-corrected chi connectivity index (χ1v) is 12.4. The Morgan fingerprint density at radius 2 is 1.97 bits per heavy atom. The molecule has 1 aromatic carbocycles. The molecule has 1 aromatic heterocycles. The summed E-state index contributed by atoms with van der Waals surface area (Å²) in [5, 5.41) is 4.79. The van der Waals surface area contributed by atoms with Gasteiger partial charge in [-0.1, -0.05) is 56.5 Å². The zero-order valence-electron chi connectivity index (χ0n) is 18.5. The number of thioether (sulfide) groups is 1. The fourth-order valence-electron chi connectivity index (χ4n) is 4.31. The van der Waals surface area contributed by atoms with E-state index in [-0.39, 0.29) is 17.2 Å². The van der Waals surface area contributed by atoms with Crippen LogP contribution in [0.2, 0.25) is 5.02 Å². The van der Waals surface area contributed by atoms with Crippen LogP contribution in [0.3, 0.4) is 0 Å². The van der Waals surface area contributed by atoms with Gasteiger partial charge in [-0.15, -0.1) is 0 Å². The molecule has 2 fully saturated rings. The quantitative estimate of drug-likeness (QED) is 0.364. The second-order valence-electron chi connectivity index (χ2n) is 8.90. The van der Waals surface area contributed by atoms with Crippen molar-refractivity contribution in [3.8, 4) is 0 Å². The van der Waals surface area contributed by atoms with Crippen molar-refractivity contribution in [2.75, 3.05) is 5.75 Å². The summed E-state index contributed by atoms with van der Waals surface area (Å²) in [7, 11) is 0. The van der Waals surface area contributed by atoms with Gasteiger partial charge in [-0.05, 0) is 37.0 Å². The number of fused-ring (bicyclic) bond motifs is 1. The third-order valence-corrected chi connectivity index (χ3v) is 7.08. The van der Waals surface area contributed by atoms with E-state index in [9.17, 15) is 19.2 Å². The van der Waals surface area contributed by atoms with Gasteiger partial charge in [-0.3, -0.25) is 24.4 Å². The number of nitrogens with one attached hydrogen (secondary N) is 2. The van der Waals surface area contributed by atoms with Gasteiger partial charge in [0.05, 0.1) is 16.7 Å². The molecule has 0 bridgehead atoms. The minimum absolute atomic E-state index is 0.117. The van der Waals surface area contributed by atoms with E-state index >= 15 is 0 Å². The number of rotatable bonds is 6. The number of nitrogens with zero attached hydrogens (tertiary/aromatic N) is 3. The van der Waals surface area contributed by atoms with Crippen LogP contribution in [0.15, 0.2) is 28.2 Å². The van der Waals surface area contributed by atoms with E-state index in [4.69, 9.17) is 11.6 Å². The Morgan fingerprint density at radius 3 is 2.67 bits per heavy atom. The summed E-state index contributed by atoms with van der Waals surface area (Å²) in [6, 6.07) is 4.30. The van der Waals surface area contributed by atoms with Crippen molar-refractivity contribution in [3.63, 3.8) is 0 Å². The standard InChI is InChI=1S/C22H26ClN5O4S/c1-13(2)11-27-18(30)15-10-14(23)6-7-16(15)24-21(27)33-12-17(29)26-28-19(31)22(25-20(28)32)8-4-3-5-9-22/h6-7,10,13H,3-5,8-9,11-12H2,1-2H3,(H,25,32)(H,26,29). The lowest BCUT2D eigenvalue weighted by Gasteiger charge is -2.30. The highest BCUT2D eigenvalue weighted by atomic mass is 35.5. The molecule has 1 saturated heterocycles. The molecule has 0 radical (unpaired) electrons. The molecule has 1 saturated carbocycles. The molecule has 11 heteroatoms. The predicted octanol–water partition coefficient (Wildman–Crippen LogP) is 3.08. The second-order valence-corrected chi connectivity index (χ2v) is 10.3. The molecule has 1 spiro atoms. The molecule has 33 heavy (non-hydrogen) atoms. The topological polar surface area (TPSA) is 113 Å². The minimum atomic E-state index is -0.908. The number of amides is 4. The summed E-state index contributed by atoms with van der Waals surface area (Å²) < 4.78 is 1.53. The summed E-state index contributed by atoms with van der Waals surface area (Å²) in [4.78, 5) is 55.5. The molecule has 1 aliphatic carbocycles. The summed E-state index contributed by atoms with van der Waals surface area (Å²) in [5.74, 6) is -0.888. The van der Waals surface area contributed by atoms with Crippen LogP contribution in [-0.4, -0.2) is 43.7 Å². The van der Waals surface area contributed by atoms with Crippen LogP contribution in [0.5, 0.6) is 0 Å². The predicted molar refractivity (Wildman–Crippen MR) is 126 cm³/mol. The van der Waals surface area contributed by atoms with Crippen molar-refractivity contribution in [2.24, 2.45) is 5.92 Å². The number of hydrogen-bond acceptors (Lipinski definition) is 6. The summed E-state index contributed by atoms with van der Waals surface area (Å²) in [6.45, 7) is 4.39. The van der Waals surface area contributed by atoms with Crippen molar-refractivity contribution < 1.29 is 14.4 Å². The molecule has 9 nitrogen and oxygen atoms in total. The van der Waals surface area contributed by atoms with Gasteiger partial charge in [0.1, 0.15) is 5.54 Å². The maximum absolute atomic E-state index is 13.1. The lowest BCUT2D eigenvalue weighted by atomic mass is 9.82. The molecule has 4 amide bonds. The van der Waals surface area contributed by atoms with Crippen LogP contribution in [0.4, 0.5) is 4.79 Å². The Morgan fingerprint density at radius 1 is 1.24 bits per heavy atom. The number of halogens is 1. The van der Waals surface area contributed by atoms with Crippen molar-refractivity contribution in [1.82, 2.24) is 25.3 Å². The Balaban J connectivity index is 1.50. The summed E-state index contributed by atoms with van der Waals surface area (Å²) in [5.41, 5.74) is 1.77. The Labute approximate surface area is 200 Å². The first kappa shape index (κ1) is 23.6. The van der Waals surface area contributed by atoms with Crippen molar-refractivity contribution in [1.29, 1.82) is 0 Å². The molecule has 2 heterocycles. The maximum Gasteiger partial charge on any atom is 0.344 e. The van der Waals surface area contributed by atoms with Gasteiger partial charge >= 0.3 is 6.03 Å². The van der Waals surface area contributed by atoms with Gasteiger partial charge in [-0.2, -0.15) is 5.01 Å². The lowest BCUT2D eigenvalue weighted by Crippen LogP contribution is -2.51. The Bertz CT molecular complexity index is 1180. The van der Waals surface area contributed by atoms with Crippen LogP contribution in [0.1, 0.15) is 46.0 Å². The third kappa shape index (κ3) is 4.72. The zero-order valence-corrected chi connectivity index (χ0v) is 20.1. The molecule has 1 aliphatic heterocycles. The van der Waals surface area contributed by atoms with Crippen LogP contribution in [-0.2, 0) is 16.1 Å². The van der Waals surface area contributed by atoms with Gasteiger partial charge in [0.25, 0.3) is 11.5 Å². The van der Waals surface area contributed by atoms with Gasteiger partial charge in [0, 0.05) is 11.6 Å². The summed E-state index contributed by atoms with van der Waals surface area (Å²) in [6.07, 6.45) is 3.89. The molecule has 2 N–H and O–H groups in total. The van der Waals surface area contributed by atoms with Gasteiger partial charge in [-0.25, -0.2) is 9.78 Å². The van der Waals surface area contributed by atoms with E-state index in [0.29, 0.717) is 40.5 Å². The first-order chi connectivity index (χ1) is 15.7. The van der Waals surface area contributed by atoms with E-state index in [1.165, 1.54) is 4.57 Å². The fourth-order valence-corrected chi connectivity index (χ4v) is 5.29. The minimum Gasteiger partial charge on any atom is -0.322 e. The number of benzene rings is 1. The smallest absolute Gasteiger partial charge is 0.322 e. The summed E-state index contributed by atoms with van der Waals surface area (Å²) >= 11 is 7.13. The number of urea groups is 1. The highest BCUT2D eigenvalue weighted by molar-refractivity contribution is 7.99. The first-order valence-electron chi connectivity index (χ1n) is 11.0. The molecule has 0 atom stereocenters. The van der Waals surface area contributed by atoms with Crippen LogP contribution >= 0.6 is 23.4 Å². The molecule has 0 unspecified atom stereocenters. The van der Waals surface area contributed by atoms with Crippen LogP contribution in [0, 0.1) is 5.92 Å². The number of carbonyl (C=O) groups is 3. The monoisotopic (exact) mass is 491 g/mol. The van der Waals surface area contributed by atoms with Gasteiger partial charge in [0.2, 0.25) is 5.91 Å². The Hall–Kier alpha value is -2.59. The van der Waals surface area contributed by atoms with E-state index in [1.807, 2.05) is 13.8 Å². The molecule has 2 aliphatic rings. The highest BCUT2D eigenvalue weighted by Crippen LogP contribution is 2.33. The number of hydrogen-bond donors (Lipinski definition) is 2. The van der Waals surface area contributed by atoms with E-state index < -0.39 is 23.4 Å². The number of hydrazine groups is 1. The molecular weight excluding hydrogens is 466 g/mol. The van der Waals surface area contributed by atoms with E-state index in [1.54, 1.807) is 18.2 Å². The van der Waals surface area contributed by atoms with Crippen molar-refractivity contribution in [3.05, 3.63) is 33.6 Å². The van der Waals surface area contributed by atoms with E-state index in [2.05, 4.69) is 15.7 Å². The van der Waals surface area contributed by atoms with Gasteiger partial charge in [0.15, 0.2) is 5.16 Å². The van der Waals surface area contributed by atoms with Gasteiger partial charge < -0.3 is 5.32 Å². The van der Waals surface area contributed by atoms with E-state index in [0.717, 1.165) is 36.0 Å². The molecule has 176 valence electrons. The largest absolute Gasteiger partial charge is 0.344 e. The van der Waals surface area contributed by atoms with Crippen molar-refractivity contribution >= 4 is 52.1 Å².